The Balaban J connectivity index is 2.03. The summed E-state index contributed by atoms with van der Waals surface area (Å²) in [5, 5.41) is 24.2. The summed E-state index contributed by atoms with van der Waals surface area (Å²) in [6, 6.07) is 8.97. The van der Waals surface area contributed by atoms with Crippen LogP contribution in [-0.4, -0.2) is 50.8 Å². The minimum Gasteiger partial charge on any atom is -0.444 e. The van der Waals surface area contributed by atoms with E-state index in [0.717, 1.165) is 4.47 Å². The first-order valence-electron chi connectivity index (χ1n) is 9.79. The highest BCUT2D eigenvalue weighted by Crippen LogP contribution is 2.50. The number of pyridine rings is 1. The summed E-state index contributed by atoms with van der Waals surface area (Å²) in [6.45, 7) is 7.90. The molecule has 0 saturated carbocycles. The molecule has 1 aliphatic rings. The van der Waals surface area contributed by atoms with Crippen LogP contribution < -0.4 is 5.73 Å². The van der Waals surface area contributed by atoms with E-state index in [1.807, 2.05) is 52.0 Å². The lowest BCUT2D eigenvalue weighted by molar-refractivity contribution is -0.131. The third-order valence-electron chi connectivity index (χ3n) is 5.43. The molecule has 3 rings (SSSR count). The van der Waals surface area contributed by atoms with Crippen molar-refractivity contribution in [1.29, 1.82) is 0 Å². The maximum absolute atomic E-state index is 12.5. The minimum atomic E-state index is -1.50. The number of carbonyl (C=O) groups excluding carboxylic acids is 1. The van der Waals surface area contributed by atoms with Gasteiger partial charge in [-0.2, -0.15) is 0 Å². The average molecular weight is 491 g/mol. The molecule has 1 saturated heterocycles. The van der Waals surface area contributed by atoms with Gasteiger partial charge >= 0.3 is 6.09 Å². The van der Waals surface area contributed by atoms with Crippen LogP contribution in [0.25, 0.3) is 0 Å². The van der Waals surface area contributed by atoms with Gasteiger partial charge in [0.1, 0.15) is 11.2 Å². The predicted molar refractivity (Wildman–Crippen MR) is 120 cm³/mol. The highest BCUT2D eigenvalue weighted by atomic mass is 79.9. The molecular formula is C22H27BrN4O4. The smallest absolute Gasteiger partial charge is 0.410 e. The molecule has 0 unspecified atom stereocenters. The summed E-state index contributed by atoms with van der Waals surface area (Å²) in [5.74, 6) is -0.110. The van der Waals surface area contributed by atoms with E-state index in [0.29, 0.717) is 16.7 Å². The van der Waals surface area contributed by atoms with Crippen LogP contribution >= 0.6 is 15.9 Å². The molecule has 1 atom stereocenters. The molecule has 8 nitrogen and oxygen atoms in total. The standard InChI is InChI=1S/C22H27BrN4O4/c1-20(2,3)31-19(28)27-12-21(4,13-27)22(29,15-5-7-17(23)8-6-15)16-9-14(10-25-11-16)18(24)26-30/h5-11,29-30H,12-13H2,1-4H3,(H2,24,26)/t22-/m0/s1. The lowest BCUT2D eigenvalue weighted by atomic mass is 9.62. The first-order valence-corrected chi connectivity index (χ1v) is 10.6. The number of rotatable bonds is 4. The third kappa shape index (κ3) is 4.38. The maximum atomic E-state index is 12.5. The molecule has 2 aromatic rings. The number of nitrogens with two attached hydrogens (primary N) is 1. The van der Waals surface area contributed by atoms with Gasteiger partial charge in [0.2, 0.25) is 0 Å². The van der Waals surface area contributed by atoms with Gasteiger partial charge in [-0.05, 0) is 44.5 Å². The Morgan fingerprint density at radius 3 is 2.39 bits per heavy atom. The van der Waals surface area contributed by atoms with Gasteiger partial charge in [0, 0.05) is 46.5 Å². The van der Waals surface area contributed by atoms with Crippen molar-refractivity contribution in [3.05, 3.63) is 63.9 Å². The Labute approximate surface area is 189 Å². The van der Waals surface area contributed by atoms with Crippen molar-refractivity contribution in [2.75, 3.05) is 13.1 Å². The largest absolute Gasteiger partial charge is 0.444 e. The van der Waals surface area contributed by atoms with Crippen molar-refractivity contribution < 1.29 is 19.8 Å². The Bertz CT molecular complexity index is 997. The second kappa shape index (κ2) is 8.12. The van der Waals surface area contributed by atoms with Crippen molar-refractivity contribution in [1.82, 2.24) is 9.88 Å². The molecule has 1 amide bonds. The van der Waals surface area contributed by atoms with E-state index >= 15 is 0 Å². The van der Waals surface area contributed by atoms with Crippen LogP contribution in [-0.2, 0) is 10.3 Å². The Morgan fingerprint density at radius 2 is 1.84 bits per heavy atom. The van der Waals surface area contributed by atoms with Crippen LogP contribution in [0.5, 0.6) is 0 Å². The fourth-order valence-corrected chi connectivity index (χ4v) is 4.14. The zero-order valence-corrected chi connectivity index (χ0v) is 19.5. The summed E-state index contributed by atoms with van der Waals surface area (Å²) in [7, 11) is 0. The molecule has 0 bridgehead atoms. The van der Waals surface area contributed by atoms with Crippen molar-refractivity contribution in [3.63, 3.8) is 0 Å². The molecule has 1 fully saturated rings. The first kappa shape index (κ1) is 23.0. The van der Waals surface area contributed by atoms with E-state index in [2.05, 4.69) is 26.1 Å². The van der Waals surface area contributed by atoms with Gasteiger partial charge in [-0.25, -0.2) is 4.79 Å². The molecule has 0 spiro atoms. The second-order valence-electron chi connectivity index (χ2n) is 9.06. The zero-order chi connectivity index (χ0) is 23.0. The van der Waals surface area contributed by atoms with Crippen LogP contribution in [0.3, 0.4) is 0 Å². The first-order chi connectivity index (χ1) is 14.4. The quantitative estimate of drug-likeness (QED) is 0.261. The molecule has 2 heterocycles. The molecule has 166 valence electrons. The van der Waals surface area contributed by atoms with Crippen LogP contribution in [0.1, 0.15) is 44.4 Å². The van der Waals surface area contributed by atoms with E-state index in [-0.39, 0.29) is 18.9 Å². The number of nitrogens with zero attached hydrogens (tertiary/aromatic N) is 3. The van der Waals surface area contributed by atoms with E-state index < -0.39 is 22.7 Å². The highest BCUT2D eigenvalue weighted by Gasteiger charge is 2.58. The SMILES string of the molecule is CC(C)(C)OC(=O)N1CC(C)([C@](O)(c2ccc(Br)cc2)c2cncc(/C(N)=N/O)c2)C1. The van der Waals surface area contributed by atoms with Gasteiger partial charge in [0.25, 0.3) is 0 Å². The van der Waals surface area contributed by atoms with Crippen molar-refractivity contribution in [2.24, 2.45) is 16.3 Å². The number of oxime groups is 1. The van der Waals surface area contributed by atoms with Crippen molar-refractivity contribution in [3.8, 4) is 0 Å². The Hall–Kier alpha value is -2.65. The number of amidine groups is 1. The summed E-state index contributed by atoms with van der Waals surface area (Å²) in [6.07, 6.45) is 2.58. The molecule has 1 aliphatic heterocycles. The topological polar surface area (TPSA) is 121 Å². The van der Waals surface area contributed by atoms with E-state index in [4.69, 9.17) is 15.7 Å². The lowest BCUT2D eigenvalue weighted by Gasteiger charge is -2.56. The number of carbonyl (C=O) groups is 1. The number of likely N-dealkylation sites (tertiary alicyclic amines) is 1. The molecule has 4 N–H and O–H groups in total. The number of halogens is 1. The van der Waals surface area contributed by atoms with Crippen molar-refractivity contribution in [2.45, 2.75) is 38.9 Å². The molecule has 9 heteroatoms. The number of ether oxygens (including phenoxy) is 1. The van der Waals surface area contributed by atoms with Gasteiger partial charge in [0.05, 0.1) is 0 Å². The number of benzene rings is 1. The van der Waals surface area contributed by atoms with Crippen LogP contribution in [0.2, 0.25) is 0 Å². The molecule has 31 heavy (non-hydrogen) atoms. The predicted octanol–water partition coefficient (Wildman–Crippen LogP) is 3.43. The van der Waals surface area contributed by atoms with Crippen LogP contribution in [0.4, 0.5) is 4.79 Å². The number of amides is 1. The molecule has 1 aromatic heterocycles. The van der Waals surface area contributed by atoms with E-state index in [9.17, 15) is 9.90 Å². The average Bonchev–Trinajstić information content (AvgIpc) is 2.69. The third-order valence-corrected chi connectivity index (χ3v) is 5.96. The van der Waals surface area contributed by atoms with Crippen LogP contribution in [0.15, 0.2) is 52.4 Å². The van der Waals surface area contributed by atoms with E-state index in [1.54, 1.807) is 17.2 Å². The van der Waals surface area contributed by atoms with Gasteiger partial charge in [-0.1, -0.05) is 40.1 Å². The van der Waals surface area contributed by atoms with Crippen LogP contribution in [0, 0.1) is 5.41 Å². The van der Waals surface area contributed by atoms with E-state index in [1.165, 1.54) is 6.20 Å². The normalized spacial score (nSPS) is 18.1. The van der Waals surface area contributed by atoms with Gasteiger partial charge < -0.3 is 25.7 Å². The lowest BCUT2D eigenvalue weighted by Crippen LogP contribution is -2.66. The number of aliphatic hydroxyl groups is 1. The van der Waals surface area contributed by atoms with Gasteiger partial charge in [0.15, 0.2) is 5.84 Å². The number of hydrogen-bond donors (Lipinski definition) is 3. The fraction of sp³-hybridized carbons (Fsp3) is 0.409. The number of hydrogen-bond acceptors (Lipinski definition) is 6. The summed E-state index contributed by atoms with van der Waals surface area (Å²) < 4.78 is 6.34. The fourth-order valence-electron chi connectivity index (χ4n) is 3.87. The van der Waals surface area contributed by atoms with Gasteiger partial charge in [-0.3, -0.25) is 4.98 Å². The molecule has 0 radical (unpaired) electrons. The highest BCUT2D eigenvalue weighted by molar-refractivity contribution is 9.10. The minimum absolute atomic E-state index is 0.110. The summed E-state index contributed by atoms with van der Waals surface area (Å²) in [5.41, 5.74) is 4.40. The molecule has 0 aliphatic carbocycles. The van der Waals surface area contributed by atoms with Crippen molar-refractivity contribution >= 4 is 27.9 Å². The molecule has 1 aromatic carbocycles. The summed E-state index contributed by atoms with van der Waals surface area (Å²) in [4.78, 5) is 18.3. The summed E-state index contributed by atoms with van der Waals surface area (Å²) >= 11 is 3.42. The zero-order valence-electron chi connectivity index (χ0n) is 18.0. The molecular weight excluding hydrogens is 464 g/mol. The Kier molecular flexibility index (Phi) is 6.03. The van der Waals surface area contributed by atoms with Gasteiger partial charge in [-0.15, -0.1) is 0 Å². The second-order valence-corrected chi connectivity index (χ2v) is 9.98. The Morgan fingerprint density at radius 1 is 1.23 bits per heavy atom. The maximum Gasteiger partial charge on any atom is 0.410 e. The monoisotopic (exact) mass is 490 g/mol. The number of aromatic nitrogens is 1.